The lowest BCUT2D eigenvalue weighted by molar-refractivity contribution is 0.0946. The number of amides is 1. The molecular weight excluding hydrogens is 320 g/mol. The van der Waals surface area contributed by atoms with Gasteiger partial charge in [-0.3, -0.25) is 9.48 Å². The smallest absolute Gasteiger partial charge is 0.273 e. The fourth-order valence-corrected chi connectivity index (χ4v) is 3.11. The van der Waals surface area contributed by atoms with Crippen molar-refractivity contribution in [2.24, 2.45) is 0 Å². The van der Waals surface area contributed by atoms with E-state index in [4.69, 9.17) is 0 Å². The molecule has 0 saturated carbocycles. The van der Waals surface area contributed by atoms with E-state index in [0.717, 1.165) is 31.2 Å². The molecule has 1 saturated heterocycles. The van der Waals surface area contributed by atoms with Crippen molar-refractivity contribution in [3.8, 4) is 0 Å². The van der Waals surface area contributed by atoms with Crippen LogP contribution < -0.4 is 10.6 Å². The highest BCUT2D eigenvalue weighted by Gasteiger charge is 2.14. The highest BCUT2D eigenvalue weighted by molar-refractivity contribution is 5.91. The van der Waals surface area contributed by atoms with Crippen molar-refractivity contribution < 1.29 is 4.79 Å². The van der Waals surface area contributed by atoms with E-state index in [2.05, 4.69) is 31.0 Å². The van der Waals surface area contributed by atoms with E-state index in [-0.39, 0.29) is 5.91 Å². The van der Waals surface area contributed by atoms with Crippen molar-refractivity contribution in [1.82, 2.24) is 40.4 Å². The minimum Gasteiger partial charge on any atom is -0.349 e. The fraction of sp³-hybridized carbons (Fsp3) is 0.688. The van der Waals surface area contributed by atoms with Gasteiger partial charge in [0.25, 0.3) is 5.91 Å². The van der Waals surface area contributed by atoms with Crippen LogP contribution in [0.3, 0.4) is 0 Å². The standard InChI is InChI=1S/C16H26N8O/c1-12-19-13(2)24(21-12)10-8-18-16(25)15-11-23(22-20-15)9-6-14-5-3-4-7-17-14/h11,14,17H,3-10H2,1-2H3,(H,18,25)/t14-/m1/s1. The lowest BCUT2D eigenvalue weighted by Gasteiger charge is -2.23. The van der Waals surface area contributed by atoms with Gasteiger partial charge >= 0.3 is 0 Å². The summed E-state index contributed by atoms with van der Waals surface area (Å²) in [7, 11) is 0. The molecule has 0 aliphatic carbocycles. The minimum atomic E-state index is -0.212. The molecule has 1 atom stereocenters. The quantitative estimate of drug-likeness (QED) is 0.754. The minimum absolute atomic E-state index is 0.212. The highest BCUT2D eigenvalue weighted by atomic mass is 16.2. The molecule has 136 valence electrons. The summed E-state index contributed by atoms with van der Waals surface area (Å²) < 4.78 is 3.53. The number of nitrogens with one attached hydrogen (secondary N) is 2. The Morgan fingerprint density at radius 3 is 2.96 bits per heavy atom. The molecule has 3 rings (SSSR count). The van der Waals surface area contributed by atoms with E-state index in [9.17, 15) is 4.79 Å². The molecule has 2 aromatic heterocycles. The van der Waals surface area contributed by atoms with Gasteiger partial charge < -0.3 is 10.6 Å². The zero-order valence-corrected chi connectivity index (χ0v) is 14.9. The molecular formula is C16H26N8O. The Kier molecular flexibility index (Phi) is 5.75. The molecule has 3 heterocycles. The fourth-order valence-electron chi connectivity index (χ4n) is 3.11. The van der Waals surface area contributed by atoms with Crippen LogP contribution in [-0.2, 0) is 13.1 Å². The third-order valence-electron chi connectivity index (χ3n) is 4.46. The summed E-state index contributed by atoms with van der Waals surface area (Å²) in [6, 6.07) is 0.546. The first-order chi connectivity index (χ1) is 12.1. The second kappa shape index (κ2) is 8.19. The number of nitrogens with zero attached hydrogens (tertiary/aromatic N) is 6. The second-order valence-electron chi connectivity index (χ2n) is 6.49. The van der Waals surface area contributed by atoms with E-state index >= 15 is 0 Å². The first kappa shape index (κ1) is 17.5. The third-order valence-corrected chi connectivity index (χ3v) is 4.46. The van der Waals surface area contributed by atoms with Gasteiger partial charge in [-0.25, -0.2) is 9.67 Å². The van der Waals surface area contributed by atoms with Gasteiger partial charge in [0.1, 0.15) is 11.6 Å². The number of rotatable bonds is 7. The summed E-state index contributed by atoms with van der Waals surface area (Å²) in [5, 5.41) is 18.7. The molecule has 9 heteroatoms. The van der Waals surface area contributed by atoms with E-state index in [1.807, 2.05) is 13.8 Å². The lowest BCUT2D eigenvalue weighted by atomic mass is 10.0. The molecule has 1 aliphatic rings. The summed E-state index contributed by atoms with van der Waals surface area (Å²) in [5.74, 6) is 1.37. The van der Waals surface area contributed by atoms with Crippen LogP contribution >= 0.6 is 0 Å². The number of aromatic nitrogens is 6. The van der Waals surface area contributed by atoms with Gasteiger partial charge in [-0.1, -0.05) is 11.6 Å². The zero-order chi connectivity index (χ0) is 17.6. The molecule has 1 fully saturated rings. The summed E-state index contributed by atoms with van der Waals surface area (Å²) in [5.41, 5.74) is 0.350. The van der Waals surface area contributed by atoms with Crippen molar-refractivity contribution >= 4 is 5.91 Å². The van der Waals surface area contributed by atoms with Gasteiger partial charge in [0.05, 0.1) is 12.7 Å². The van der Waals surface area contributed by atoms with Gasteiger partial charge in [-0.05, 0) is 39.7 Å². The van der Waals surface area contributed by atoms with E-state index in [1.54, 1.807) is 15.6 Å². The number of carbonyl (C=O) groups is 1. The summed E-state index contributed by atoms with van der Waals surface area (Å²) in [6.45, 7) is 6.68. The SMILES string of the molecule is Cc1nc(C)n(CCNC(=O)c2cn(CC[C@H]3CCCCN3)nn2)n1. The van der Waals surface area contributed by atoms with Crippen LogP contribution in [0.15, 0.2) is 6.20 Å². The Balaban J connectivity index is 1.43. The molecule has 2 aromatic rings. The monoisotopic (exact) mass is 346 g/mol. The first-order valence-corrected chi connectivity index (χ1v) is 8.91. The van der Waals surface area contributed by atoms with Crippen molar-refractivity contribution in [1.29, 1.82) is 0 Å². The molecule has 1 amide bonds. The molecule has 1 aliphatic heterocycles. The Labute approximate surface area is 147 Å². The predicted molar refractivity (Wildman–Crippen MR) is 92.1 cm³/mol. The first-order valence-electron chi connectivity index (χ1n) is 8.91. The van der Waals surface area contributed by atoms with Gasteiger partial charge in [0.15, 0.2) is 5.69 Å². The van der Waals surface area contributed by atoms with Crippen LogP contribution in [-0.4, -0.2) is 54.8 Å². The molecule has 0 spiro atoms. The van der Waals surface area contributed by atoms with Crippen molar-refractivity contribution in [3.05, 3.63) is 23.5 Å². The van der Waals surface area contributed by atoms with Crippen molar-refractivity contribution in [2.75, 3.05) is 13.1 Å². The van der Waals surface area contributed by atoms with Gasteiger partial charge in [-0.2, -0.15) is 5.10 Å². The largest absolute Gasteiger partial charge is 0.349 e. The van der Waals surface area contributed by atoms with Crippen LogP contribution in [0.1, 0.15) is 47.8 Å². The van der Waals surface area contributed by atoms with E-state index in [0.29, 0.717) is 24.8 Å². The average Bonchev–Trinajstić information content (AvgIpc) is 3.20. The maximum absolute atomic E-state index is 12.2. The van der Waals surface area contributed by atoms with Crippen LogP contribution in [0.5, 0.6) is 0 Å². The lowest BCUT2D eigenvalue weighted by Crippen LogP contribution is -2.34. The molecule has 0 bridgehead atoms. The second-order valence-corrected chi connectivity index (χ2v) is 6.49. The van der Waals surface area contributed by atoms with Crippen LogP contribution in [0, 0.1) is 13.8 Å². The van der Waals surface area contributed by atoms with Gasteiger partial charge in [0, 0.05) is 19.1 Å². The Bertz CT molecular complexity index is 701. The van der Waals surface area contributed by atoms with Crippen molar-refractivity contribution in [3.63, 3.8) is 0 Å². The zero-order valence-electron chi connectivity index (χ0n) is 14.9. The molecule has 0 radical (unpaired) electrons. The molecule has 2 N–H and O–H groups in total. The highest BCUT2D eigenvalue weighted by Crippen LogP contribution is 2.10. The Hall–Kier alpha value is -2.29. The van der Waals surface area contributed by atoms with Gasteiger partial charge in [-0.15, -0.1) is 5.10 Å². The number of aryl methyl sites for hydroxylation is 3. The summed E-state index contributed by atoms with van der Waals surface area (Å²) in [4.78, 5) is 16.4. The third kappa shape index (κ3) is 4.85. The molecule has 25 heavy (non-hydrogen) atoms. The Morgan fingerprint density at radius 1 is 1.36 bits per heavy atom. The van der Waals surface area contributed by atoms with Crippen LogP contribution in [0.4, 0.5) is 0 Å². The maximum atomic E-state index is 12.2. The topological polar surface area (TPSA) is 103 Å². The van der Waals surface area contributed by atoms with Gasteiger partial charge in [0.2, 0.25) is 0 Å². The predicted octanol–water partition coefficient (Wildman–Crippen LogP) is 0.449. The Morgan fingerprint density at radius 2 is 2.24 bits per heavy atom. The molecule has 0 unspecified atom stereocenters. The number of hydrogen-bond donors (Lipinski definition) is 2. The normalized spacial score (nSPS) is 17.6. The number of hydrogen-bond acceptors (Lipinski definition) is 6. The summed E-state index contributed by atoms with van der Waals surface area (Å²) in [6.07, 6.45) is 6.48. The number of carbonyl (C=O) groups excluding carboxylic acids is 1. The van der Waals surface area contributed by atoms with Crippen molar-refractivity contribution in [2.45, 2.75) is 58.7 Å². The summed E-state index contributed by atoms with van der Waals surface area (Å²) >= 11 is 0. The van der Waals surface area contributed by atoms with E-state index < -0.39 is 0 Å². The molecule has 9 nitrogen and oxygen atoms in total. The number of piperidine rings is 1. The molecule has 0 aromatic carbocycles. The van der Waals surface area contributed by atoms with E-state index in [1.165, 1.54) is 19.3 Å². The maximum Gasteiger partial charge on any atom is 0.273 e. The average molecular weight is 346 g/mol. The van der Waals surface area contributed by atoms with Crippen LogP contribution in [0.2, 0.25) is 0 Å². The van der Waals surface area contributed by atoms with Crippen LogP contribution in [0.25, 0.3) is 0 Å².